The molecule has 4 atom stereocenters. The lowest BCUT2D eigenvalue weighted by atomic mass is 10.1. The van der Waals surface area contributed by atoms with Gasteiger partial charge in [-0.3, -0.25) is 4.90 Å². The minimum Gasteiger partial charge on any atom is -0.388 e. The maximum Gasteiger partial charge on any atom is 0.163 e. The number of hydrogen-bond donors (Lipinski definition) is 1. The normalized spacial score (nSPS) is 36.2. The Morgan fingerprint density at radius 3 is 2.67 bits per heavy atom. The highest BCUT2D eigenvalue weighted by molar-refractivity contribution is 5.15. The molecular weight excluding hydrogens is 273 g/mol. The SMILES string of the molecule is CC1(C)OCC(C2[C@@H](O)C(F)CN2Cc2ccccc2)O1. The maximum atomic E-state index is 14.0. The predicted octanol–water partition coefficient (Wildman–Crippen LogP) is 1.72. The molecule has 0 spiro atoms. The van der Waals surface area contributed by atoms with Crippen LogP contribution in [0.4, 0.5) is 4.39 Å². The molecule has 2 aliphatic heterocycles. The fourth-order valence-electron chi connectivity index (χ4n) is 3.21. The van der Waals surface area contributed by atoms with Gasteiger partial charge in [-0.2, -0.15) is 0 Å². The zero-order valence-corrected chi connectivity index (χ0v) is 12.4. The van der Waals surface area contributed by atoms with E-state index < -0.39 is 18.1 Å². The lowest BCUT2D eigenvalue weighted by molar-refractivity contribution is -0.149. The third-order valence-corrected chi connectivity index (χ3v) is 4.19. The summed E-state index contributed by atoms with van der Waals surface area (Å²) >= 11 is 0. The van der Waals surface area contributed by atoms with Crippen LogP contribution in [0.1, 0.15) is 19.4 Å². The largest absolute Gasteiger partial charge is 0.388 e. The van der Waals surface area contributed by atoms with Crippen molar-refractivity contribution in [2.75, 3.05) is 13.2 Å². The molecule has 2 fully saturated rings. The quantitative estimate of drug-likeness (QED) is 0.922. The first-order chi connectivity index (χ1) is 9.96. The molecule has 116 valence electrons. The first-order valence-electron chi connectivity index (χ1n) is 7.38. The van der Waals surface area contributed by atoms with Gasteiger partial charge in [0.25, 0.3) is 0 Å². The molecule has 0 bridgehead atoms. The van der Waals surface area contributed by atoms with E-state index in [-0.39, 0.29) is 18.7 Å². The van der Waals surface area contributed by atoms with E-state index in [0.29, 0.717) is 13.2 Å². The number of nitrogens with zero attached hydrogens (tertiary/aromatic N) is 1. The van der Waals surface area contributed by atoms with Crippen LogP contribution >= 0.6 is 0 Å². The van der Waals surface area contributed by atoms with E-state index in [0.717, 1.165) is 5.56 Å². The van der Waals surface area contributed by atoms with Crippen molar-refractivity contribution in [1.82, 2.24) is 4.90 Å². The van der Waals surface area contributed by atoms with E-state index in [4.69, 9.17) is 9.47 Å². The molecule has 3 unspecified atom stereocenters. The Labute approximate surface area is 124 Å². The van der Waals surface area contributed by atoms with E-state index in [1.807, 2.05) is 49.1 Å². The maximum absolute atomic E-state index is 14.0. The van der Waals surface area contributed by atoms with Crippen molar-refractivity contribution < 1.29 is 19.0 Å². The molecule has 21 heavy (non-hydrogen) atoms. The van der Waals surface area contributed by atoms with Crippen LogP contribution in [-0.4, -0.2) is 53.4 Å². The highest BCUT2D eigenvalue weighted by atomic mass is 19.1. The van der Waals surface area contributed by atoms with Gasteiger partial charge in [-0.15, -0.1) is 0 Å². The van der Waals surface area contributed by atoms with Crippen molar-refractivity contribution in [2.24, 2.45) is 0 Å². The molecule has 4 nitrogen and oxygen atoms in total. The van der Waals surface area contributed by atoms with Crippen LogP contribution < -0.4 is 0 Å². The topological polar surface area (TPSA) is 41.9 Å². The highest BCUT2D eigenvalue weighted by Gasteiger charge is 2.49. The third kappa shape index (κ3) is 3.11. The summed E-state index contributed by atoms with van der Waals surface area (Å²) in [7, 11) is 0. The first-order valence-corrected chi connectivity index (χ1v) is 7.38. The minimum absolute atomic E-state index is 0.223. The fourth-order valence-corrected chi connectivity index (χ4v) is 3.21. The Morgan fingerprint density at radius 2 is 2.05 bits per heavy atom. The van der Waals surface area contributed by atoms with E-state index in [2.05, 4.69) is 0 Å². The molecular formula is C16H22FNO3. The predicted molar refractivity (Wildman–Crippen MR) is 76.4 cm³/mol. The van der Waals surface area contributed by atoms with E-state index in [9.17, 15) is 9.50 Å². The van der Waals surface area contributed by atoms with Gasteiger partial charge in [0.2, 0.25) is 0 Å². The molecule has 0 saturated carbocycles. The number of hydrogen-bond acceptors (Lipinski definition) is 4. The summed E-state index contributed by atoms with van der Waals surface area (Å²) in [5.74, 6) is -0.669. The van der Waals surface area contributed by atoms with Gasteiger partial charge in [0, 0.05) is 13.1 Å². The molecule has 0 aliphatic carbocycles. The van der Waals surface area contributed by atoms with Crippen molar-refractivity contribution >= 4 is 0 Å². The van der Waals surface area contributed by atoms with Gasteiger partial charge >= 0.3 is 0 Å². The number of aliphatic hydroxyl groups excluding tert-OH is 1. The van der Waals surface area contributed by atoms with Gasteiger partial charge in [0.1, 0.15) is 18.4 Å². The van der Waals surface area contributed by atoms with Crippen LogP contribution in [-0.2, 0) is 16.0 Å². The van der Waals surface area contributed by atoms with Gasteiger partial charge in [0.15, 0.2) is 5.79 Å². The number of likely N-dealkylation sites (tertiary alicyclic amines) is 1. The van der Waals surface area contributed by atoms with Crippen LogP contribution in [0.25, 0.3) is 0 Å². The summed E-state index contributed by atoms with van der Waals surface area (Å²) in [6.07, 6.45) is -2.58. The molecule has 5 heteroatoms. The van der Waals surface area contributed by atoms with Crippen LogP contribution in [0.2, 0.25) is 0 Å². The van der Waals surface area contributed by atoms with Gasteiger partial charge < -0.3 is 14.6 Å². The van der Waals surface area contributed by atoms with Crippen LogP contribution in [0.5, 0.6) is 0 Å². The van der Waals surface area contributed by atoms with Gasteiger partial charge in [0.05, 0.1) is 12.6 Å². The van der Waals surface area contributed by atoms with Crippen LogP contribution in [0, 0.1) is 0 Å². The highest BCUT2D eigenvalue weighted by Crippen LogP contribution is 2.33. The minimum atomic E-state index is -1.24. The van der Waals surface area contributed by atoms with Crippen molar-refractivity contribution in [1.29, 1.82) is 0 Å². The van der Waals surface area contributed by atoms with Crippen molar-refractivity contribution in [3.05, 3.63) is 35.9 Å². The monoisotopic (exact) mass is 295 g/mol. The van der Waals surface area contributed by atoms with E-state index in [1.54, 1.807) is 0 Å². The molecule has 2 aliphatic rings. The van der Waals surface area contributed by atoms with Crippen molar-refractivity contribution in [2.45, 2.75) is 50.6 Å². The zero-order chi connectivity index (χ0) is 15.0. The molecule has 2 saturated heterocycles. The van der Waals surface area contributed by atoms with Gasteiger partial charge in [-0.1, -0.05) is 30.3 Å². The second-order valence-corrected chi connectivity index (χ2v) is 6.28. The second-order valence-electron chi connectivity index (χ2n) is 6.28. The number of aliphatic hydroxyl groups is 1. The number of halogens is 1. The van der Waals surface area contributed by atoms with Crippen molar-refractivity contribution in [3.8, 4) is 0 Å². The molecule has 1 aromatic rings. The Morgan fingerprint density at radius 1 is 1.33 bits per heavy atom. The van der Waals surface area contributed by atoms with Gasteiger partial charge in [-0.25, -0.2) is 4.39 Å². The molecule has 1 aromatic carbocycles. The standard InChI is InChI=1S/C16H22FNO3/c1-16(2)20-10-13(21-16)14-15(19)12(17)9-18(14)8-11-6-4-3-5-7-11/h3-7,12-15,19H,8-10H2,1-2H3/t12?,13?,14?,15-/m0/s1. The molecule has 0 radical (unpaired) electrons. The molecule has 2 heterocycles. The van der Waals surface area contributed by atoms with Gasteiger partial charge in [-0.05, 0) is 19.4 Å². The van der Waals surface area contributed by atoms with Crippen LogP contribution in [0.15, 0.2) is 30.3 Å². The molecule has 1 N–H and O–H groups in total. The Balaban J connectivity index is 1.75. The second kappa shape index (κ2) is 5.65. The summed E-state index contributed by atoms with van der Waals surface area (Å²) in [5.41, 5.74) is 1.10. The Kier molecular flexibility index (Phi) is 4.01. The average Bonchev–Trinajstić information content (AvgIpc) is 2.92. The summed E-state index contributed by atoms with van der Waals surface area (Å²) in [4.78, 5) is 1.96. The zero-order valence-electron chi connectivity index (χ0n) is 12.4. The van der Waals surface area contributed by atoms with E-state index >= 15 is 0 Å². The van der Waals surface area contributed by atoms with E-state index in [1.165, 1.54) is 0 Å². The fraction of sp³-hybridized carbons (Fsp3) is 0.625. The summed E-state index contributed by atoms with van der Waals surface area (Å²) in [5, 5.41) is 10.2. The number of ether oxygens (including phenoxy) is 2. The summed E-state index contributed by atoms with van der Waals surface area (Å²) in [6, 6.07) is 9.51. The molecule has 0 amide bonds. The Hall–Kier alpha value is -1.01. The first kappa shape index (κ1) is 14.9. The Bertz CT molecular complexity index is 482. The number of alkyl halides is 1. The lowest BCUT2D eigenvalue weighted by Gasteiger charge is -2.30. The average molecular weight is 295 g/mol. The van der Waals surface area contributed by atoms with Crippen molar-refractivity contribution in [3.63, 3.8) is 0 Å². The number of rotatable bonds is 3. The molecule has 3 rings (SSSR count). The number of benzene rings is 1. The van der Waals surface area contributed by atoms with Crippen LogP contribution in [0.3, 0.4) is 0 Å². The third-order valence-electron chi connectivity index (χ3n) is 4.19. The summed E-state index contributed by atoms with van der Waals surface area (Å²) in [6.45, 7) is 4.88. The smallest absolute Gasteiger partial charge is 0.163 e. The summed E-state index contributed by atoms with van der Waals surface area (Å²) < 4.78 is 25.4. The lowest BCUT2D eigenvalue weighted by Crippen LogP contribution is -2.46. The molecule has 0 aromatic heterocycles.